The van der Waals surface area contributed by atoms with Gasteiger partial charge in [0.15, 0.2) is 0 Å². The fraction of sp³-hybridized carbons (Fsp3) is 0.357. The number of nitrogens with zero attached hydrogens (tertiary/aromatic N) is 2. The lowest BCUT2D eigenvalue weighted by Gasteiger charge is -2.13. The largest absolute Gasteiger partial charge is 0.388 e. The van der Waals surface area contributed by atoms with Crippen LogP contribution in [0.15, 0.2) is 24.3 Å². The third-order valence-corrected chi connectivity index (χ3v) is 3.60. The standard InChI is InChI=1S/C14H16ClFN2O/c1-3-18-12(14(15)9(2)17-18)8-13(19)10-6-4-5-7-11(10)16/h4-7,13,19H,3,8H2,1-2H3. The molecule has 2 rings (SSSR count). The number of aliphatic hydroxyl groups excluding tert-OH is 1. The van der Waals surface area contributed by atoms with Gasteiger partial charge in [0.25, 0.3) is 0 Å². The summed E-state index contributed by atoms with van der Waals surface area (Å²) in [6.07, 6.45) is -0.686. The molecule has 0 aliphatic heterocycles. The Morgan fingerprint density at radius 3 is 2.74 bits per heavy atom. The van der Waals surface area contributed by atoms with Gasteiger partial charge in [0.05, 0.1) is 22.5 Å². The van der Waals surface area contributed by atoms with Gasteiger partial charge in [0, 0.05) is 18.5 Å². The molecule has 0 saturated carbocycles. The first-order chi connectivity index (χ1) is 9.04. The van der Waals surface area contributed by atoms with Crippen molar-refractivity contribution in [3.05, 3.63) is 52.1 Å². The molecule has 1 aromatic carbocycles. The lowest BCUT2D eigenvalue weighted by atomic mass is 10.0. The van der Waals surface area contributed by atoms with E-state index in [2.05, 4.69) is 5.10 Å². The highest BCUT2D eigenvalue weighted by atomic mass is 35.5. The predicted octanol–water partition coefficient (Wildman–Crippen LogP) is 3.28. The van der Waals surface area contributed by atoms with E-state index in [0.717, 1.165) is 11.4 Å². The van der Waals surface area contributed by atoms with Gasteiger partial charge in [-0.05, 0) is 19.9 Å². The molecule has 0 aliphatic rings. The Hall–Kier alpha value is -1.39. The summed E-state index contributed by atoms with van der Waals surface area (Å²) in [5.41, 5.74) is 1.73. The topological polar surface area (TPSA) is 38.0 Å². The first kappa shape index (κ1) is 14.0. The average molecular weight is 283 g/mol. The Bertz CT molecular complexity index is 583. The second kappa shape index (κ2) is 5.72. The number of aromatic nitrogens is 2. The second-order valence-corrected chi connectivity index (χ2v) is 4.78. The minimum Gasteiger partial charge on any atom is -0.388 e. The van der Waals surface area contributed by atoms with Crippen molar-refractivity contribution >= 4 is 11.6 Å². The molecule has 5 heteroatoms. The molecule has 3 nitrogen and oxygen atoms in total. The molecule has 0 saturated heterocycles. The molecule has 1 aromatic heterocycles. The van der Waals surface area contributed by atoms with E-state index >= 15 is 0 Å². The third kappa shape index (κ3) is 2.80. The van der Waals surface area contributed by atoms with Crippen LogP contribution in [0, 0.1) is 12.7 Å². The molecule has 0 bridgehead atoms. The minimum atomic E-state index is -0.930. The molecule has 1 unspecified atom stereocenters. The van der Waals surface area contributed by atoms with Gasteiger partial charge < -0.3 is 5.11 Å². The van der Waals surface area contributed by atoms with Gasteiger partial charge in [0.2, 0.25) is 0 Å². The summed E-state index contributed by atoms with van der Waals surface area (Å²) in [6.45, 7) is 4.42. The fourth-order valence-corrected chi connectivity index (χ4v) is 2.31. The molecular weight excluding hydrogens is 267 g/mol. The van der Waals surface area contributed by atoms with Gasteiger partial charge in [-0.15, -0.1) is 0 Å². The van der Waals surface area contributed by atoms with Crippen molar-refractivity contribution in [2.24, 2.45) is 0 Å². The SMILES string of the molecule is CCn1nc(C)c(Cl)c1CC(O)c1ccccc1F. The Kier molecular flexibility index (Phi) is 4.22. The van der Waals surface area contributed by atoms with E-state index in [1.54, 1.807) is 22.9 Å². The first-order valence-corrected chi connectivity index (χ1v) is 6.56. The molecular formula is C14H16ClFN2O. The summed E-state index contributed by atoms with van der Waals surface area (Å²) in [6, 6.07) is 6.21. The summed E-state index contributed by atoms with van der Waals surface area (Å²) >= 11 is 6.18. The van der Waals surface area contributed by atoms with Crippen LogP contribution in [-0.2, 0) is 13.0 Å². The number of aryl methyl sites for hydroxylation is 2. The Morgan fingerprint density at radius 2 is 2.11 bits per heavy atom. The number of halogens is 2. The summed E-state index contributed by atoms with van der Waals surface area (Å²) in [5, 5.41) is 15.0. The van der Waals surface area contributed by atoms with E-state index in [0.29, 0.717) is 11.6 Å². The van der Waals surface area contributed by atoms with E-state index in [1.165, 1.54) is 6.07 Å². The lowest BCUT2D eigenvalue weighted by molar-refractivity contribution is 0.170. The number of hydrogen-bond acceptors (Lipinski definition) is 2. The van der Waals surface area contributed by atoms with Crippen LogP contribution in [-0.4, -0.2) is 14.9 Å². The maximum Gasteiger partial charge on any atom is 0.129 e. The highest BCUT2D eigenvalue weighted by molar-refractivity contribution is 6.31. The average Bonchev–Trinajstić information content (AvgIpc) is 2.67. The van der Waals surface area contributed by atoms with Crippen LogP contribution in [0.5, 0.6) is 0 Å². The Balaban J connectivity index is 2.29. The van der Waals surface area contributed by atoms with Crippen molar-refractivity contribution in [3.8, 4) is 0 Å². The fourth-order valence-electron chi connectivity index (χ4n) is 2.10. The van der Waals surface area contributed by atoms with Crippen LogP contribution in [0.3, 0.4) is 0 Å². The van der Waals surface area contributed by atoms with Crippen molar-refractivity contribution in [2.75, 3.05) is 0 Å². The van der Waals surface area contributed by atoms with Crippen molar-refractivity contribution in [1.29, 1.82) is 0 Å². The van der Waals surface area contributed by atoms with E-state index in [1.807, 2.05) is 13.8 Å². The van der Waals surface area contributed by atoms with Crippen LogP contribution in [0.4, 0.5) is 4.39 Å². The number of rotatable bonds is 4. The molecule has 102 valence electrons. The quantitative estimate of drug-likeness (QED) is 0.934. The normalized spacial score (nSPS) is 12.7. The van der Waals surface area contributed by atoms with Crippen LogP contribution >= 0.6 is 11.6 Å². The van der Waals surface area contributed by atoms with Crippen molar-refractivity contribution in [3.63, 3.8) is 0 Å². The van der Waals surface area contributed by atoms with Crippen molar-refractivity contribution in [1.82, 2.24) is 9.78 Å². The van der Waals surface area contributed by atoms with Gasteiger partial charge in [-0.3, -0.25) is 4.68 Å². The molecule has 0 radical (unpaired) electrons. The molecule has 0 spiro atoms. The van der Waals surface area contributed by atoms with Crippen molar-refractivity contribution < 1.29 is 9.50 Å². The van der Waals surface area contributed by atoms with Crippen LogP contribution in [0.1, 0.15) is 30.0 Å². The zero-order valence-corrected chi connectivity index (χ0v) is 11.7. The van der Waals surface area contributed by atoms with Gasteiger partial charge >= 0.3 is 0 Å². The molecule has 0 fully saturated rings. The van der Waals surface area contributed by atoms with E-state index in [9.17, 15) is 9.50 Å². The number of hydrogen-bond donors (Lipinski definition) is 1. The summed E-state index contributed by atoms with van der Waals surface area (Å²) in [5.74, 6) is -0.412. The van der Waals surface area contributed by atoms with Crippen LogP contribution in [0.25, 0.3) is 0 Å². The third-order valence-electron chi connectivity index (χ3n) is 3.10. The highest BCUT2D eigenvalue weighted by Crippen LogP contribution is 2.27. The highest BCUT2D eigenvalue weighted by Gasteiger charge is 2.19. The zero-order chi connectivity index (χ0) is 14.0. The smallest absolute Gasteiger partial charge is 0.129 e. The molecule has 1 atom stereocenters. The summed E-state index contributed by atoms with van der Waals surface area (Å²) in [7, 11) is 0. The molecule has 0 amide bonds. The number of benzene rings is 1. The molecule has 1 N–H and O–H groups in total. The lowest BCUT2D eigenvalue weighted by Crippen LogP contribution is -2.10. The Morgan fingerprint density at radius 1 is 1.42 bits per heavy atom. The van der Waals surface area contributed by atoms with Gasteiger partial charge in [-0.2, -0.15) is 5.10 Å². The molecule has 0 aliphatic carbocycles. The Labute approximate surface area is 116 Å². The van der Waals surface area contributed by atoms with Gasteiger partial charge in [0.1, 0.15) is 5.82 Å². The number of aliphatic hydroxyl groups is 1. The molecule has 19 heavy (non-hydrogen) atoms. The van der Waals surface area contributed by atoms with E-state index < -0.39 is 11.9 Å². The predicted molar refractivity (Wildman–Crippen MR) is 72.7 cm³/mol. The first-order valence-electron chi connectivity index (χ1n) is 6.18. The van der Waals surface area contributed by atoms with Crippen LogP contribution < -0.4 is 0 Å². The minimum absolute atomic E-state index is 0.244. The molecule has 2 aromatic rings. The van der Waals surface area contributed by atoms with Gasteiger partial charge in [-0.25, -0.2) is 4.39 Å². The monoisotopic (exact) mass is 282 g/mol. The maximum atomic E-state index is 13.6. The van der Waals surface area contributed by atoms with Crippen molar-refractivity contribution in [2.45, 2.75) is 32.9 Å². The summed E-state index contributed by atoms with van der Waals surface area (Å²) < 4.78 is 15.4. The summed E-state index contributed by atoms with van der Waals surface area (Å²) in [4.78, 5) is 0. The maximum absolute atomic E-state index is 13.6. The van der Waals surface area contributed by atoms with E-state index in [4.69, 9.17) is 11.6 Å². The zero-order valence-electron chi connectivity index (χ0n) is 10.9. The second-order valence-electron chi connectivity index (χ2n) is 4.40. The molecule has 1 heterocycles. The van der Waals surface area contributed by atoms with E-state index in [-0.39, 0.29) is 12.0 Å². The van der Waals surface area contributed by atoms with Gasteiger partial charge in [-0.1, -0.05) is 29.8 Å². The van der Waals surface area contributed by atoms with Crippen LogP contribution in [0.2, 0.25) is 5.02 Å².